The van der Waals surface area contributed by atoms with Crippen molar-refractivity contribution in [2.45, 2.75) is 39.0 Å². The van der Waals surface area contributed by atoms with Gasteiger partial charge in [-0.2, -0.15) is 0 Å². The molecule has 0 aromatic heterocycles. The largest absolute Gasteiger partial charge is 0.356 e. The summed E-state index contributed by atoms with van der Waals surface area (Å²) in [6, 6.07) is 24.3. The van der Waals surface area contributed by atoms with Gasteiger partial charge in [0.1, 0.15) is 0 Å². The first-order valence-corrected chi connectivity index (χ1v) is 9.08. The Hall–Kier alpha value is -2.54. The predicted octanol–water partition coefficient (Wildman–Crippen LogP) is 6.86. The van der Waals surface area contributed by atoms with Crippen LogP contribution in [0, 0.1) is 0 Å². The van der Waals surface area contributed by atoms with E-state index in [9.17, 15) is 0 Å². The fraction of sp³-hybridized carbons (Fsp3) is 0.250. The van der Waals surface area contributed by atoms with Crippen molar-refractivity contribution in [2.24, 2.45) is 0 Å². The molecule has 0 unspecified atom stereocenters. The van der Waals surface area contributed by atoms with Crippen LogP contribution < -0.4 is 5.32 Å². The van der Waals surface area contributed by atoms with Gasteiger partial charge in [0.15, 0.2) is 0 Å². The summed E-state index contributed by atoms with van der Waals surface area (Å²) < 4.78 is 0. The molecular weight excluding hydrogens is 302 g/mol. The number of anilines is 2. The van der Waals surface area contributed by atoms with Gasteiger partial charge < -0.3 is 5.32 Å². The zero-order valence-electron chi connectivity index (χ0n) is 15.4. The maximum absolute atomic E-state index is 3.56. The van der Waals surface area contributed by atoms with Gasteiger partial charge in [0, 0.05) is 16.8 Å². The SMILES string of the molecule is CC(C)c1ccc(Nc2ccc3c(c2)-c2ccccc2C3(C)C)cc1. The van der Waals surface area contributed by atoms with E-state index in [-0.39, 0.29) is 5.41 Å². The highest BCUT2D eigenvalue weighted by molar-refractivity contribution is 5.83. The normalized spacial score (nSPS) is 14.3. The lowest BCUT2D eigenvalue weighted by molar-refractivity contribution is 0.660. The fourth-order valence-corrected chi connectivity index (χ4v) is 3.92. The number of nitrogens with one attached hydrogen (secondary N) is 1. The van der Waals surface area contributed by atoms with Crippen molar-refractivity contribution in [3.63, 3.8) is 0 Å². The first kappa shape index (κ1) is 16.0. The number of hydrogen-bond donors (Lipinski definition) is 1. The van der Waals surface area contributed by atoms with Gasteiger partial charge >= 0.3 is 0 Å². The van der Waals surface area contributed by atoms with Gasteiger partial charge in [0.2, 0.25) is 0 Å². The first-order chi connectivity index (χ1) is 12.0. The van der Waals surface area contributed by atoms with E-state index in [1.54, 1.807) is 0 Å². The summed E-state index contributed by atoms with van der Waals surface area (Å²) in [7, 11) is 0. The molecule has 126 valence electrons. The molecule has 0 radical (unpaired) electrons. The van der Waals surface area contributed by atoms with Crippen LogP contribution in [0.4, 0.5) is 11.4 Å². The summed E-state index contributed by atoms with van der Waals surface area (Å²) >= 11 is 0. The van der Waals surface area contributed by atoms with Gasteiger partial charge in [0.25, 0.3) is 0 Å². The quantitative estimate of drug-likeness (QED) is 0.554. The zero-order valence-corrected chi connectivity index (χ0v) is 15.4. The Balaban J connectivity index is 1.69. The highest BCUT2D eigenvalue weighted by Crippen LogP contribution is 2.49. The lowest BCUT2D eigenvalue weighted by Crippen LogP contribution is -2.14. The second-order valence-corrected chi connectivity index (χ2v) is 7.83. The van der Waals surface area contributed by atoms with E-state index in [1.807, 2.05) is 0 Å². The Morgan fingerprint density at radius 2 is 1.36 bits per heavy atom. The highest BCUT2D eigenvalue weighted by Gasteiger charge is 2.34. The molecule has 1 N–H and O–H groups in total. The maximum atomic E-state index is 3.56. The summed E-state index contributed by atoms with van der Waals surface area (Å²) in [5.74, 6) is 0.563. The third kappa shape index (κ3) is 2.64. The minimum Gasteiger partial charge on any atom is -0.356 e. The van der Waals surface area contributed by atoms with Crippen molar-refractivity contribution in [1.82, 2.24) is 0 Å². The number of rotatable bonds is 3. The van der Waals surface area contributed by atoms with E-state index in [0.717, 1.165) is 11.4 Å². The zero-order chi connectivity index (χ0) is 17.6. The molecule has 1 aliphatic carbocycles. The van der Waals surface area contributed by atoms with Crippen LogP contribution in [0.1, 0.15) is 50.3 Å². The third-order valence-electron chi connectivity index (χ3n) is 5.45. The van der Waals surface area contributed by atoms with Crippen LogP contribution in [0.3, 0.4) is 0 Å². The summed E-state index contributed by atoms with van der Waals surface area (Å²) in [6.07, 6.45) is 0. The first-order valence-electron chi connectivity index (χ1n) is 9.08. The number of benzene rings is 3. The van der Waals surface area contributed by atoms with Crippen molar-refractivity contribution in [1.29, 1.82) is 0 Å². The minimum atomic E-state index is 0.0728. The van der Waals surface area contributed by atoms with E-state index < -0.39 is 0 Å². The molecule has 0 amide bonds. The molecule has 3 aromatic rings. The smallest absolute Gasteiger partial charge is 0.0390 e. The molecule has 0 aliphatic heterocycles. The lowest BCUT2D eigenvalue weighted by Gasteiger charge is -2.21. The van der Waals surface area contributed by atoms with E-state index in [1.165, 1.54) is 27.8 Å². The Kier molecular flexibility index (Phi) is 3.68. The van der Waals surface area contributed by atoms with Crippen molar-refractivity contribution in [3.05, 3.63) is 83.4 Å². The second-order valence-electron chi connectivity index (χ2n) is 7.83. The summed E-state index contributed by atoms with van der Waals surface area (Å²) in [5, 5.41) is 3.56. The van der Waals surface area contributed by atoms with E-state index in [4.69, 9.17) is 0 Å². The molecule has 4 rings (SSSR count). The summed E-state index contributed by atoms with van der Waals surface area (Å²) in [6.45, 7) is 9.08. The molecule has 3 aromatic carbocycles. The molecule has 0 fully saturated rings. The second kappa shape index (κ2) is 5.77. The van der Waals surface area contributed by atoms with Crippen LogP contribution in [0.15, 0.2) is 66.7 Å². The topological polar surface area (TPSA) is 12.0 Å². The Morgan fingerprint density at radius 3 is 2.08 bits per heavy atom. The van der Waals surface area contributed by atoms with Crippen LogP contribution in [0.5, 0.6) is 0 Å². The summed E-state index contributed by atoms with van der Waals surface area (Å²) in [4.78, 5) is 0. The Bertz CT molecular complexity index is 917. The monoisotopic (exact) mass is 327 g/mol. The molecule has 0 bridgehead atoms. The van der Waals surface area contributed by atoms with E-state index in [2.05, 4.69) is 99.7 Å². The average molecular weight is 327 g/mol. The predicted molar refractivity (Wildman–Crippen MR) is 108 cm³/mol. The third-order valence-corrected chi connectivity index (χ3v) is 5.45. The summed E-state index contributed by atoms with van der Waals surface area (Å²) in [5.41, 5.74) is 9.26. The van der Waals surface area contributed by atoms with Gasteiger partial charge in [-0.25, -0.2) is 0 Å². The lowest BCUT2D eigenvalue weighted by atomic mass is 9.82. The maximum Gasteiger partial charge on any atom is 0.0390 e. The number of fused-ring (bicyclic) bond motifs is 3. The fourth-order valence-electron chi connectivity index (χ4n) is 3.92. The highest BCUT2D eigenvalue weighted by atomic mass is 14.9. The molecule has 0 saturated carbocycles. The molecular formula is C24H25N. The van der Waals surface area contributed by atoms with E-state index >= 15 is 0 Å². The van der Waals surface area contributed by atoms with Crippen molar-refractivity contribution < 1.29 is 0 Å². The van der Waals surface area contributed by atoms with E-state index in [0.29, 0.717) is 5.92 Å². The van der Waals surface area contributed by atoms with Crippen LogP contribution in [-0.2, 0) is 5.41 Å². The van der Waals surface area contributed by atoms with Crippen molar-refractivity contribution in [3.8, 4) is 11.1 Å². The molecule has 25 heavy (non-hydrogen) atoms. The van der Waals surface area contributed by atoms with Gasteiger partial charge in [-0.15, -0.1) is 0 Å². The van der Waals surface area contributed by atoms with Crippen molar-refractivity contribution >= 4 is 11.4 Å². The average Bonchev–Trinajstić information content (AvgIpc) is 2.83. The van der Waals surface area contributed by atoms with Crippen LogP contribution in [-0.4, -0.2) is 0 Å². The van der Waals surface area contributed by atoms with Crippen molar-refractivity contribution in [2.75, 3.05) is 5.32 Å². The Labute approximate surface area is 150 Å². The van der Waals surface area contributed by atoms with Gasteiger partial charge in [-0.3, -0.25) is 0 Å². The molecule has 1 nitrogen and oxygen atoms in total. The minimum absolute atomic E-state index is 0.0728. The standard InChI is InChI=1S/C24H25N/c1-16(2)17-9-11-18(12-10-17)25-19-13-14-23-21(15-19)20-7-5-6-8-22(20)24(23,3)4/h5-16,25H,1-4H3. The van der Waals surface area contributed by atoms with Crippen LogP contribution in [0.2, 0.25) is 0 Å². The van der Waals surface area contributed by atoms with Gasteiger partial charge in [0.05, 0.1) is 0 Å². The van der Waals surface area contributed by atoms with Crippen LogP contribution >= 0.6 is 0 Å². The molecule has 1 heteroatoms. The number of hydrogen-bond acceptors (Lipinski definition) is 1. The van der Waals surface area contributed by atoms with Gasteiger partial charge in [-0.1, -0.05) is 70.2 Å². The molecule has 0 saturated heterocycles. The Morgan fingerprint density at radius 1 is 0.720 bits per heavy atom. The molecule has 1 aliphatic rings. The van der Waals surface area contributed by atoms with Gasteiger partial charge in [-0.05, 0) is 58.0 Å². The molecule has 0 spiro atoms. The molecule has 0 heterocycles. The molecule has 0 atom stereocenters. The van der Waals surface area contributed by atoms with Crippen LogP contribution in [0.25, 0.3) is 11.1 Å².